The van der Waals surface area contributed by atoms with Crippen LogP contribution in [0.5, 0.6) is 0 Å². The molecule has 0 aliphatic heterocycles. The summed E-state index contributed by atoms with van der Waals surface area (Å²) < 4.78 is 9.20. The van der Waals surface area contributed by atoms with Crippen molar-refractivity contribution in [3.63, 3.8) is 0 Å². The SMILES string of the molecule is CC1(C)c2ccc(-c3ccc4oc5ccc(-c6c7ccccc7c(-c7cccc8c7sc7ccccc78)c7ccccc67)cc5c4c3)cc2-c2cc3ccccc3cc21. The molecule has 0 radical (unpaired) electrons. The van der Waals surface area contributed by atoms with Crippen molar-refractivity contribution >= 4 is 85.8 Å². The van der Waals surface area contributed by atoms with Crippen molar-refractivity contribution in [2.45, 2.75) is 19.3 Å². The van der Waals surface area contributed by atoms with Gasteiger partial charge in [-0.05, 0) is 131 Å². The Morgan fingerprint density at radius 1 is 0.373 bits per heavy atom. The van der Waals surface area contributed by atoms with Crippen LogP contribution in [0.1, 0.15) is 25.0 Å². The fraction of sp³-hybridized carbons (Fsp3) is 0.0526. The smallest absolute Gasteiger partial charge is 0.135 e. The highest BCUT2D eigenvalue weighted by Crippen LogP contribution is 2.52. The molecule has 1 aliphatic carbocycles. The second-order valence-corrected chi connectivity index (χ2v) is 17.8. The van der Waals surface area contributed by atoms with Crippen molar-refractivity contribution in [3.05, 3.63) is 193 Å². The van der Waals surface area contributed by atoms with Gasteiger partial charge in [0.1, 0.15) is 11.2 Å². The highest BCUT2D eigenvalue weighted by Gasteiger charge is 2.36. The summed E-state index contributed by atoms with van der Waals surface area (Å²) in [5.41, 5.74) is 14.6. The standard InChI is InChI=1S/C57H36OS/c1-57(2)49-25-22-35(29-45(49)46-28-33-12-3-4-13-34(33)32-50(46)57)36-23-26-51-47(30-36)48-31-37(24-27-52(48)58-51)54-39-15-5-7-17-41(39)55(42-18-8-6-16-40(42)54)44-20-11-19-43-38-14-9-10-21-53(38)59-56(43)44/h3-32H,1-2H3. The van der Waals surface area contributed by atoms with Crippen LogP contribution >= 0.6 is 11.3 Å². The average Bonchev–Trinajstić information content (AvgIpc) is 3.91. The summed E-state index contributed by atoms with van der Waals surface area (Å²) >= 11 is 1.90. The van der Waals surface area contributed by atoms with Crippen molar-refractivity contribution < 1.29 is 4.42 Å². The molecule has 2 aromatic heterocycles. The van der Waals surface area contributed by atoms with Crippen LogP contribution in [0.25, 0.3) is 119 Å². The van der Waals surface area contributed by atoms with E-state index in [0.717, 1.165) is 21.9 Å². The molecule has 12 aromatic rings. The first-order valence-electron chi connectivity index (χ1n) is 20.5. The van der Waals surface area contributed by atoms with Gasteiger partial charge >= 0.3 is 0 Å². The zero-order valence-electron chi connectivity index (χ0n) is 32.6. The molecule has 0 bridgehead atoms. The van der Waals surface area contributed by atoms with E-state index in [1.165, 1.54) is 108 Å². The van der Waals surface area contributed by atoms with E-state index in [9.17, 15) is 0 Å². The molecule has 59 heavy (non-hydrogen) atoms. The molecular formula is C57H36OS. The predicted octanol–water partition coefficient (Wildman–Crippen LogP) is 16.7. The lowest BCUT2D eigenvalue weighted by atomic mass is 9.81. The lowest BCUT2D eigenvalue weighted by molar-refractivity contribution is 0.661. The van der Waals surface area contributed by atoms with Crippen molar-refractivity contribution in [1.29, 1.82) is 0 Å². The Morgan fingerprint density at radius 2 is 0.915 bits per heavy atom. The van der Waals surface area contributed by atoms with Crippen molar-refractivity contribution in [2.24, 2.45) is 0 Å². The molecule has 0 saturated carbocycles. The van der Waals surface area contributed by atoms with Gasteiger partial charge in [0.05, 0.1) is 0 Å². The number of hydrogen-bond acceptors (Lipinski definition) is 2. The minimum Gasteiger partial charge on any atom is -0.456 e. The lowest BCUT2D eigenvalue weighted by Crippen LogP contribution is -2.14. The van der Waals surface area contributed by atoms with E-state index in [4.69, 9.17) is 4.42 Å². The van der Waals surface area contributed by atoms with Crippen LogP contribution in [-0.4, -0.2) is 0 Å². The molecule has 0 fully saturated rings. The van der Waals surface area contributed by atoms with Gasteiger partial charge in [0.15, 0.2) is 0 Å². The molecule has 0 saturated heterocycles. The van der Waals surface area contributed by atoms with Gasteiger partial charge in [0, 0.05) is 41.9 Å². The fourth-order valence-corrected chi connectivity index (χ4v) is 11.6. The number of fused-ring (bicyclic) bond motifs is 12. The summed E-state index contributed by atoms with van der Waals surface area (Å²) in [7, 11) is 0. The lowest BCUT2D eigenvalue weighted by Gasteiger charge is -2.22. The second-order valence-electron chi connectivity index (χ2n) is 16.8. The summed E-state index contributed by atoms with van der Waals surface area (Å²) in [6.07, 6.45) is 0. The van der Waals surface area contributed by atoms with Crippen LogP contribution in [0.4, 0.5) is 0 Å². The third kappa shape index (κ3) is 4.67. The molecule has 0 amide bonds. The van der Waals surface area contributed by atoms with Gasteiger partial charge in [0.25, 0.3) is 0 Å². The molecule has 0 spiro atoms. The van der Waals surface area contributed by atoms with Crippen LogP contribution in [0.3, 0.4) is 0 Å². The van der Waals surface area contributed by atoms with Gasteiger partial charge in [-0.15, -0.1) is 11.3 Å². The average molecular weight is 769 g/mol. The quantitative estimate of drug-likeness (QED) is 0.163. The van der Waals surface area contributed by atoms with Crippen molar-refractivity contribution in [1.82, 2.24) is 0 Å². The Morgan fingerprint density at radius 3 is 1.64 bits per heavy atom. The zero-order valence-corrected chi connectivity index (χ0v) is 33.5. The van der Waals surface area contributed by atoms with E-state index in [1.807, 2.05) is 11.3 Å². The van der Waals surface area contributed by atoms with Gasteiger partial charge < -0.3 is 4.42 Å². The summed E-state index contributed by atoms with van der Waals surface area (Å²) in [6, 6.07) is 67.6. The van der Waals surface area contributed by atoms with Crippen LogP contribution < -0.4 is 0 Å². The minimum atomic E-state index is -0.0627. The molecule has 1 nitrogen and oxygen atoms in total. The maximum Gasteiger partial charge on any atom is 0.135 e. The summed E-state index contributed by atoms with van der Waals surface area (Å²) in [4.78, 5) is 0. The Labute approximate surface area is 345 Å². The number of furan rings is 1. The number of hydrogen-bond donors (Lipinski definition) is 0. The first kappa shape index (κ1) is 33.0. The molecule has 10 aromatic carbocycles. The largest absolute Gasteiger partial charge is 0.456 e. The predicted molar refractivity (Wildman–Crippen MR) is 253 cm³/mol. The fourth-order valence-electron chi connectivity index (χ4n) is 10.4. The van der Waals surface area contributed by atoms with E-state index < -0.39 is 0 Å². The van der Waals surface area contributed by atoms with Crippen LogP contribution in [0.15, 0.2) is 186 Å². The molecule has 0 unspecified atom stereocenters. The van der Waals surface area contributed by atoms with Gasteiger partial charge in [-0.3, -0.25) is 0 Å². The molecule has 276 valence electrons. The molecule has 0 atom stereocenters. The number of thiophene rings is 1. The maximum absolute atomic E-state index is 6.54. The number of rotatable bonds is 3. The van der Waals surface area contributed by atoms with Crippen molar-refractivity contribution in [2.75, 3.05) is 0 Å². The first-order chi connectivity index (χ1) is 29.0. The highest BCUT2D eigenvalue weighted by atomic mass is 32.1. The molecule has 2 heteroatoms. The molecular weight excluding hydrogens is 733 g/mol. The van der Waals surface area contributed by atoms with Gasteiger partial charge in [-0.1, -0.05) is 147 Å². The second kappa shape index (κ2) is 12.0. The Balaban J connectivity index is 0.992. The third-order valence-corrected chi connectivity index (χ3v) is 14.5. The molecule has 1 aliphatic rings. The monoisotopic (exact) mass is 768 g/mol. The summed E-state index contributed by atoms with van der Waals surface area (Å²) in [5.74, 6) is 0. The van der Waals surface area contributed by atoms with Crippen molar-refractivity contribution in [3.8, 4) is 44.5 Å². The molecule has 2 heterocycles. The van der Waals surface area contributed by atoms with Crippen LogP contribution in [0.2, 0.25) is 0 Å². The number of benzene rings is 10. The Hall–Kier alpha value is -7.00. The maximum atomic E-state index is 6.54. The van der Waals surface area contributed by atoms with Crippen LogP contribution in [-0.2, 0) is 5.41 Å². The summed E-state index contributed by atoms with van der Waals surface area (Å²) in [6.45, 7) is 4.72. The summed E-state index contributed by atoms with van der Waals surface area (Å²) in [5, 5.41) is 12.5. The topological polar surface area (TPSA) is 13.1 Å². The van der Waals surface area contributed by atoms with E-state index in [1.54, 1.807) is 0 Å². The minimum absolute atomic E-state index is 0.0627. The Kier molecular flexibility index (Phi) is 6.73. The molecule has 13 rings (SSSR count). The molecule has 0 N–H and O–H groups in total. The van der Waals surface area contributed by atoms with E-state index in [2.05, 4.69) is 196 Å². The van der Waals surface area contributed by atoms with Crippen LogP contribution in [0, 0.1) is 0 Å². The highest BCUT2D eigenvalue weighted by molar-refractivity contribution is 7.26. The first-order valence-corrected chi connectivity index (χ1v) is 21.3. The Bertz CT molecular complexity index is 3710. The van der Waals surface area contributed by atoms with Gasteiger partial charge in [-0.25, -0.2) is 0 Å². The van der Waals surface area contributed by atoms with E-state index in [0.29, 0.717) is 0 Å². The van der Waals surface area contributed by atoms with Gasteiger partial charge in [-0.2, -0.15) is 0 Å². The van der Waals surface area contributed by atoms with E-state index >= 15 is 0 Å². The van der Waals surface area contributed by atoms with Gasteiger partial charge in [0.2, 0.25) is 0 Å². The zero-order chi connectivity index (χ0) is 39.0. The normalized spacial score (nSPS) is 13.4. The van der Waals surface area contributed by atoms with E-state index in [-0.39, 0.29) is 5.41 Å². The third-order valence-electron chi connectivity index (χ3n) is 13.2.